The summed E-state index contributed by atoms with van der Waals surface area (Å²) in [5, 5.41) is 6.36. The predicted octanol–water partition coefficient (Wildman–Crippen LogP) is 3.68. The Morgan fingerprint density at radius 2 is 1.88 bits per heavy atom. The van der Waals surface area contributed by atoms with Crippen molar-refractivity contribution < 1.29 is 14.3 Å². The molecular weight excluding hydrogens is 416 g/mol. The zero-order valence-electron chi connectivity index (χ0n) is 19.9. The molecule has 1 atom stereocenters. The normalized spacial score (nSPS) is 18.6. The van der Waals surface area contributed by atoms with E-state index in [4.69, 9.17) is 9.84 Å². The highest BCUT2D eigenvalue weighted by Crippen LogP contribution is 2.33. The second-order valence-corrected chi connectivity index (χ2v) is 9.15. The number of nitrogens with zero attached hydrogens (tertiary/aromatic N) is 4. The molecule has 0 N–H and O–H groups in total. The minimum atomic E-state index is -0.186. The molecular formula is C26H34N4O3. The maximum Gasteiger partial charge on any atom is 0.262 e. The number of amides is 2. The minimum absolute atomic E-state index is 0.0172. The summed E-state index contributed by atoms with van der Waals surface area (Å²) >= 11 is 0. The van der Waals surface area contributed by atoms with E-state index in [0.29, 0.717) is 19.6 Å². The number of ether oxygens (including phenoxy) is 1. The van der Waals surface area contributed by atoms with Crippen LogP contribution in [0.2, 0.25) is 0 Å². The van der Waals surface area contributed by atoms with Gasteiger partial charge < -0.3 is 14.2 Å². The Kier molecular flexibility index (Phi) is 7.28. The summed E-state index contributed by atoms with van der Waals surface area (Å²) in [5.74, 6) is -0.0774. The van der Waals surface area contributed by atoms with Gasteiger partial charge >= 0.3 is 0 Å². The molecule has 33 heavy (non-hydrogen) atoms. The molecule has 0 saturated heterocycles. The molecule has 1 aromatic heterocycles. The van der Waals surface area contributed by atoms with E-state index in [1.807, 2.05) is 29.9 Å². The Bertz CT molecular complexity index is 1000. The van der Waals surface area contributed by atoms with Gasteiger partial charge in [0.05, 0.1) is 24.1 Å². The third kappa shape index (κ3) is 5.19. The van der Waals surface area contributed by atoms with E-state index in [1.165, 1.54) is 5.56 Å². The van der Waals surface area contributed by atoms with Crippen molar-refractivity contribution in [2.45, 2.75) is 45.1 Å². The zero-order valence-corrected chi connectivity index (χ0v) is 19.9. The molecule has 4 rings (SSSR count). The van der Waals surface area contributed by atoms with Crippen molar-refractivity contribution in [3.8, 4) is 0 Å². The Balaban J connectivity index is 1.58. The van der Waals surface area contributed by atoms with Crippen molar-refractivity contribution >= 4 is 17.5 Å². The first-order valence-electron chi connectivity index (χ1n) is 11.8. The zero-order chi connectivity index (χ0) is 23.4. The topological polar surface area (TPSA) is 67.1 Å². The fourth-order valence-electron chi connectivity index (χ4n) is 4.84. The molecule has 1 fully saturated rings. The van der Waals surface area contributed by atoms with Crippen LogP contribution >= 0.6 is 0 Å². The van der Waals surface area contributed by atoms with Crippen LogP contribution in [0.25, 0.3) is 0 Å². The van der Waals surface area contributed by atoms with Crippen LogP contribution in [0.1, 0.15) is 55.0 Å². The summed E-state index contributed by atoms with van der Waals surface area (Å²) in [6.07, 6.45) is 6.59. The molecule has 7 nitrogen and oxygen atoms in total. The van der Waals surface area contributed by atoms with Gasteiger partial charge in [0, 0.05) is 39.2 Å². The number of hydrazone groups is 1. The minimum Gasteiger partial charge on any atom is -0.383 e. The number of aryl methyl sites for hydroxylation is 2. The predicted molar refractivity (Wildman–Crippen MR) is 128 cm³/mol. The standard InChI is InChI=1S/C26H34N4O3/c1-19-10-12-20(13-11-19)24-17-22(23-9-6-14-28(23)2)27-30(24)25(31)18-29(15-16-33-3)26(32)21-7-4-5-8-21/h6,9-14,21,24H,4-5,7-8,15-18H2,1-3H3/t24-/m0/s1. The lowest BCUT2D eigenvalue weighted by atomic mass is 9.99. The summed E-state index contributed by atoms with van der Waals surface area (Å²) in [5.41, 5.74) is 4.10. The summed E-state index contributed by atoms with van der Waals surface area (Å²) in [7, 11) is 3.60. The highest BCUT2D eigenvalue weighted by molar-refractivity contribution is 6.02. The van der Waals surface area contributed by atoms with E-state index in [1.54, 1.807) is 17.0 Å². The number of hydrogen-bond donors (Lipinski definition) is 0. The van der Waals surface area contributed by atoms with Crippen LogP contribution in [0.5, 0.6) is 0 Å². The van der Waals surface area contributed by atoms with Gasteiger partial charge in [-0.3, -0.25) is 9.59 Å². The molecule has 2 heterocycles. The quantitative estimate of drug-likeness (QED) is 0.616. The Morgan fingerprint density at radius 1 is 1.15 bits per heavy atom. The van der Waals surface area contributed by atoms with E-state index in [9.17, 15) is 9.59 Å². The van der Waals surface area contributed by atoms with Crippen molar-refractivity contribution in [3.63, 3.8) is 0 Å². The number of hydrogen-bond acceptors (Lipinski definition) is 4. The molecule has 0 spiro atoms. The number of carbonyl (C=O) groups is 2. The first-order chi connectivity index (χ1) is 16.0. The van der Waals surface area contributed by atoms with Gasteiger partial charge in [0.15, 0.2) is 0 Å². The van der Waals surface area contributed by atoms with Gasteiger partial charge in [0.1, 0.15) is 6.54 Å². The fraction of sp³-hybridized carbons (Fsp3) is 0.500. The van der Waals surface area contributed by atoms with E-state index < -0.39 is 0 Å². The largest absolute Gasteiger partial charge is 0.383 e. The van der Waals surface area contributed by atoms with Gasteiger partial charge in [-0.2, -0.15) is 5.10 Å². The smallest absolute Gasteiger partial charge is 0.262 e. The van der Waals surface area contributed by atoms with Crippen LogP contribution in [-0.2, 0) is 21.4 Å². The molecule has 0 radical (unpaired) electrons. The SMILES string of the molecule is COCCN(CC(=O)N1N=C(c2cccn2C)C[C@H]1c1ccc(C)cc1)C(=O)C1CCCC1. The van der Waals surface area contributed by atoms with Crippen LogP contribution < -0.4 is 0 Å². The van der Waals surface area contributed by atoms with Crippen molar-refractivity contribution in [1.82, 2.24) is 14.5 Å². The molecule has 0 bridgehead atoms. The Morgan fingerprint density at radius 3 is 2.52 bits per heavy atom. The van der Waals surface area contributed by atoms with Crippen molar-refractivity contribution in [2.24, 2.45) is 18.1 Å². The van der Waals surface area contributed by atoms with Crippen LogP contribution in [0.15, 0.2) is 47.7 Å². The average molecular weight is 451 g/mol. The molecule has 2 aromatic rings. The average Bonchev–Trinajstić information content (AvgIpc) is 3.57. The van der Waals surface area contributed by atoms with Gasteiger partial charge in [0.2, 0.25) is 5.91 Å². The van der Waals surface area contributed by atoms with Crippen LogP contribution in [0.4, 0.5) is 0 Å². The van der Waals surface area contributed by atoms with Crippen LogP contribution in [0.3, 0.4) is 0 Å². The molecule has 0 unspecified atom stereocenters. The van der Waals surface area contributed by atoms with E-state index in [2.05, 4.69) is 31.2 Å². The second-order valence-electron chi connectivity index (χ2n) is 9.15. The first-order valence-corrected chi connectivity index (χ1v) is 11.8. The van der Waals surface area contributed by atoms with Gasteiger partial charge in [-0.1, -0.05) is 42.7 Å². The van der Waals surface area contributed by atoms with Crippen molar-refractivity contribution in [2.75, 3.05) is 26.8 Å². The van der Waals surface area contributed by atoms with Crippen molar-refractivity contribution in [1.29, 1.82) is 0 Å². The monoisotopic (exact) mass is 450 g/mol. The van der Waals surface area contributed by atoms with E-state index in [0.717, 1.165) is 42.7 Å². The van der Waals surface area contributed by atoms with Crippen molar-refractivity contribution in [3.05, 3.63) is 59.4 Å². The molecule has 1 aliphatic heterocycles. The Labute approximate surface area is 196 Å². The molecule has 2 amide bonds. The maximum atomic E-state index is 13.6. The van der Waals surface area contributed by atoms with Crippen LogP contribution in [-0.4, -0.2) is 58.8 Å². The number of rotatable bonds is 8. The molecule has 1 saturated carbocycles. The molecule has 1 aromatic carbocycles. The van der Waals surface area contributed by atoms with Gasteiger partial charge in [-0.05, 0) is 37.5 Å². The third-order valence-electron chi connectivity index (χ3n) is 6.77. The first kappa shape index (κ1) is 23.2. The summed E-state index contributed by atoms with van der Waals surface area (Å²) in [4.78, 5) is 28.4. The van der Waals surface area contributed by atoms with Gasteiger partial charge in [-0.15, -0.1) is 0 Å². The fourth-order valence-corrected chi connectivity index (χ4v) is 4.84. The highest BCUT2D eigenvalue weighted by atomic mass is 16.5. The lowest BCUT2D eigenvalue weighted by molar-refractivity contribution is -0.144. The number of carbonyl (C=O) groups excluding carboxylic acids is 2. The molecule has 2 aliphatic rings. The van der Waals surface area contributed by atoms with E-state index in [-0.39, 0.29) is 30.3 Å². The second kappa shape index (κ2) is 10.3. The third-order valence-corrected chi connectivity index (χ3v) is 6.77. The molecule has 1 aliphatic carbocycles. The highest BCUT2D eigenvalue weighted by Gasteiger charge is 2.36. The van der Waals surface area contributed by atoms with Gasteiger partial charge in [0.25, 0.3) is 5.91 Å². The lowest BCUT2D eigenvalue weighted by Gasteiger charge is -2.28. The van der Waals surface area contributed by atoms with Crippen LogP contribution in [0, 0.1) is 12.8 Å². The number of benzene rings is 1. The molecule has 7 heteroatoms. The van der Waals surface area contributed by atoms with Gasteiger partial charge in [-0.25, -0.2) is 5.01 Å². The maximum absolute atomic E-state index is 13.6. The molecule has 176 valence electrons. The lowest BCUT2D eigenvalue weighted by Crippen LogP contribution is -2.44. The summed E-state index contributed by atoms with van der Waals surface area (Å²) in [6, 6.07) is 12.1. The Hall–Kier alpha value is -2.93. The number of methoxy groups -OCH3 is 1. The summed E-state index contributed by atoms with van der Waals surface area (Å²) < 4.78 is 7.25. The summed E-state index contributed by atoms with van der Waals surface area (Å²) in [6.45, 7) is 2.89. The number of aromatic nitrogens is 1. The van der Waals surface area contributed by atoms with E-state index >= 15 is 0 Å².